The number of carbonyl (C=O) groups is 1. The summed E-state index contributed by atoms with van der Waals surface area (Å²) in [5.41, 5.74) is 1.54. The highest BCUT2D eigenvalue weighted by Gasteiger charge is 2.62. The SMILES string of the molecule is CC1(C)Oc2ccccc2C2(C(=O)Nc3ccccc32)C1Cc1cccc(F)n1. The van der Waals surface area contributed by atoms with Gasteiger partial charge in [0.25, 0.3) is 0 Å². The summed E-state index contributed by atoms with van der Waals surface area (Å²) in [5.74, 6) is -0.192. The van der Waals surface area contributed by atoms with E-state index < -0.39 is 17.0 Å². The van der Waals surface area contributed by atoms with E-state index in [1.165, 1.54) is 6.07 Å². The third-order valence-corrected chi connectivity index (χ3v) is 6.19. The summed E-state index contributed by atoms with van der Waals surface area (Å²) in [4.78, 5) is 17.7. The fourth-order valence-electron chi connectivity index (χ4n) is 5.01. The third-order valence-electron chi connectivity index (χ3n) is 6.19. The van der Waals surface area contributed by atoms with Gasteiger partial charge in [-0.1, -0.05) is 42.5 Å². The normalized spacial score (nSPS) is 23.8. The van der Waals surface area contributed by atoms with Gasteiger partial charge in [0, 0.05) is 22.9 Å². The average Bonchev–Trinajstić information content (AvgIpc) is 2.98. The number of hydrogen-bond acceptors (Lipinski definition) is 3. The molecule has 2 aliphatic rings. The Kier molecular flexibility index (Phi) is 3.78. The van der Waals surface area contributed by atoms with Crippen LogP contribution in [0.1, 0.15) is 30.7 Å². The molecule has 0 bridgehead atoms. The lowest BCUT2D eigenvalue weighted by atomic mass is 9.58. The zero-order valence-corrected chi connectivity index (χ0v) is 16.3. The summed E-state index contributed by atoms with van der Waals surface area (Å²) < 4.78 is 20.2. The minimum Gasteiger partial charge on any atom is -0.487 e. The van der Waals surface area contributed by atoms with E-state index in [1.807, 2.05) is 62.4 Å². The minimum absolute atomic E-state index is 0.0797. The van der Waals surface area contributed by atoms with Crippen molar-refractivity contribution in [3.63, 3.8) is 0 Å². The summed E-state index contributed by atoms with van der Waals surface area (Å²) in [6.07, 6.45) is 0.404. The van der Waals surface area contributed by atoms with E-state index >= 15 is 0 Å². The van der Waals surface area contributed by atoms with Crippen molar-refractivity contribution in [3.05, 3.63) is 89.5 Å². The number of ether oxygens (including phenoxy) is 1. The Balaban J connectivity index is 1.79. The summed E-state index contributed by atoms with van der Waals surface area (Å²) in [7, 11) is 0. The minimum atomic E-state index is -0.942. The number of amides is 1. The Morgan fingerprint density at radius 1 is 1.00 bits per heavy atom. The molecule has 5 rings (SSSR count). The highest BCUT2D eigenvalue weighted by atomic mass is 19.1. The van der Waals surface area contributed by atoms with Crippen molar-refractivity contribution in [2.75, 3.05) is 5.32 Å². The van der Waals surface area contributed by atoms with E-state index in [-0.39, 0.29) is 11.8 Å². The second-order valence-electron chi connectivity index (χ2n) is 8.22. The summed E-state index contributed by atoms with van der Waals surface area (Å²) in [6, 6.07) is 20.3. The highest BCUT2D eigenvalue weighted by molar-refractivity contribution is 6.09. The van der Waals surface area contributed by atoms with Crippen LogP contribution in [0.15, 0.2) is 66.7 Å². The number of fused-ring (bicyclic) bond motifs is 4. The van der Waals surface area contributed by atoms with Gasteiger partial charge in [-0.2, -0.15) is 4.39 Å². The van der Waals surface area contributed by atoms with Gasteiger partial charge in [0.1, 0.15) is 16.8 Å². The van der Waals surface area contributed by atoms with E-state index in [4.69, 9.17) is 4.74 Å². The molecule has 1 spiro atoms. The van der Waals surface area contributed by atoms with Crippen molar-refractivity contribution in [2.45, 2.75) is 31.3 Å². The van der Waals surface area contributed by atoms with Crippen molar-refractivity contribution in [1.82, 2.24) is 4.98 Å². The van der Waals surface area contributed by atoms with Gasteiger partial charge in [-0.25, -0.2) is 4.98 Å². The number of halogens is 1. The van der Waals surface area contributed by atoms with E-state index in [9.17, 15) is 9.18 Å². The molecule has 29 heavy (non-hydrogen) atoms. The van der Waals surface area contributed by atoms with Crippen molar-refractivity contribution >= 4 is 11.6 Å². The Hall–Kier alpha value is -3.21. The molecular weight excluding hydrogens is 367 g/mol. The van der Waals surface area contributed by atoms with Crippen molar-refractivity contribution in [3.8, 4) is 5.75 Å². The Bertz CT molecular complexity index is 1130. The highest BCUT2D eigenvalue weighted by Crippen LogP contribution is 2.57. The van der Waals surface area contributed by atoms with E-state index in [2.05, 4.69) is 10.3 Å². The van der Waals surface area contributed by atoms with Crippen molar-refractivity contribution in [2.24, 2.45) is 5.92 Å². The Labute approximate surface area is 168 Å². The molecule has 4 nitrogen and oxygen atoms in total. The molecule has 3 aromatic rings. The van der Waals surface area contributed by atoms with Crippen molar-refractivity contribution < 1.29 is 13.9 Å². The van der Waals surface area contributed by atoms with Crippen LogP contribution in [0.25, 0.3) is 0 Å². The molecule has 2 aromatic carbocycles. The molecule has 1 N–H and O–H groups in total. The Morgan fingerprint density at radius 3 is 2.52 bits per heavy atom. The zero-order valence-electron chi connectivity index (χ0n) is 16.3. The van der Waals surface area contributed by atoms with Gasteiger partial charge >= 0.3 is 0 Å². The maximum Gasteiger partial charge on any atom is 0.240 e. The van der Waals surface area contributed by atoms with Crippen LogP contribution < -0.4 is 10.1 Å². The maximum absolute atomic E-state index is 13.8. The molecule has 146 valence electrons. The van der Waals surface area contributed by atoms with E-state index in [0.29, 0.717) is 17.9 Å². The van der Waals surface area contributed by atoms with E-state index in [1.54, 1.807) is 12.1 Å². The second-order valence-corrected chi connectivity index (χ2v) is 8.22. The number of aromatic nitrogens is 1. The molecule has 2 atom stereocenters. The molecular formula is C24H21FN2O2. The van der Waals surface area contributed by atoms with Crippen LogP contribution in [0.2, 0.25) is 0 Å². The number of anilines is 1. The predicted molar refractivity (Wildman–Crippen MR) is 108 cm³/mol. The van der Waals surface area contributed by atoms with Crippen LogP contribution in [0.4, 0.5) is 10.1 Å². The smallest absolute Gasteiger partial charge is 0.240 e. The molecule has 5 heteroatoms. The van der Waals surface area contributed by atoms with Crippen LogP contribution in [0.5, 0.6) is 5.75 Å². The van der Waals surface area contributed by atoms with Crippen molar-refractivity contribution in [1.29, 1.82) is 0 Å². The number of pyridine rings is 1. The zero-order chi connectivity index (χ0) is 20.2. The molecule has 3 heterocycles. The molecule has 0 aliphatic carbocycles. The summed E-state index contributed by atoms with van der Waals surface area (Å²) >= 11 is 0. The fraction of sp³-hybridized carbons (Fsp3) is 0.250. The monoisotopic (exact) mass is 388 g/mol. The largest absolute Gasteiger partial charge is 0.487 e. The third kappa shape index (κ3) is 2.50. The standard InChI is InChI=1S/C24H21FN2O2/c1-23(2)20(14-15-8-7-13-21(25)26-15)24(17-10-4-6-12-19(17)29-23)16-9-3-5-11-18(16)27-22(24)28/h3-13,20H,14H2,1-2H3,(H,27,28). The van der Waals surface area contributed by atoms with Crippen LogP contribution in [0, 0.1) is 11.9 Å². The molecule has 1 aromatic heterocycles. The lowest BCUT2D eigenvalue weighted by Gasteiger charge is -2.50. The lowest BCUT2D eigenvalue weighted by molar-refractivity contribution is -0.126. The first-order valence-electron chi connectivity index (χ1n) is 9.74. The predicted octanol–water partition coefficient (Wildman–Crippen LogP) is 4.49. The first kappa shape index (κ1) is 17.9. The Morgan fingerprint density at radius 2 is 1.72 bits per heavy atom. The average molecular weight is 388 g/mol. The van der Waals surface area contributed by atoms with E-state index in [0.717, 1.165) is 16.8 Å². The number of carbonyl (C=O) groups excluding carboxylic acids is 1. The number of rotatable bonds is 2. The molecule has 1 amide bonds. The molecule has 2 aliphatic heterocycles. The number of nitrogens with zero attached hydrogens (tertiary/aromatic N) is 1. The van der Waals surface area contributed by atoms with Gasteiger partial charge in [0.05, 0.1) is 0 Å². The molecule has 0 saturated heterocycles. The molecule has 0 radical (unpaired) electrons. The van der Waals surface area contributed by atoms with Crippen LogP contribution in [0.3, 0.4) is 0 Å². The van der Waals surface area contributed by atoms with Gasteiger partial charge < -0.3 is 10.1 Å². The number of para-hydroxylation sites is 2. The van der Waals surface area contributed by atoms with Gasteiger partial charge in [-0.05, 0) is 50.1 Å². The number of benzene rings is 2. The molecule has 0 fully saturated rings. The van der Waals surface area contributed by atoms with Crippen LogP contribution >= 0.6 is 0 Å². The van der Waals surface area contributed by atoms with Gasteiger partial charge in [-0.15, -0.1) is 0 Å². The summed E-state index contributed by atoms with van der Waals surface area (Å²) in [5, 5.41) is 3.07. The first-order chi connectivity index (χ1) is 13.9. The quantitative estimate of drug-likeness (QED) is 0.658. The maximum atomic E-state index is 13.8. The lowest BCUT2D eigenvalue weighted by Crippen LogP contribution is -2.58. The van der Waals surface area contributed by atoms with Crippen LogP contribution in [-0.2, 0) is 16.6 Å². The second kappa shape index (κ2) is 6.14. The van der Waals surface area contributed by atoms with Gasteiger partial charge in [0.15, 0.2) is 0 Å². The summed E-state index contributed by atoms with van der Waals surface area (Å²) in [6.45, 7) is 3.98. The van der Waals surface area contributed by atoms with Gasteiger partial charge in [-0.3, -0.25) is 4.79 Å². The topological polar surface area (TPSA) is 51.2 Å². The fourth-order valence-corrected chi connectivity index (χ4v) is 5.01. The van der Waals surface area contributed by atoms with Gasteiger partial charge in [0.2, 0.25) is 11.9 Å². The molecule has 0 saturated carbocycles. The first-order valence-corrected chi connectivity index (χ1v) is 9.74. The number of nitrogens with one attached hydrogen (secondary N) is 1. The molecule has 2 unspecified atom stereocenters. The number of hydrogen-bond donors (Lipinski definition) is 1. The van der Waals surface area contributed by atoms with Crippen LogP contribution in [-0.4, -0.2) is 16.5 Å².